The van der Waals surface area contributed by atoms with Crippen LogP contribution in [-0.4, -0.2) is 38.0 Å². The van der Waals surface area contributed by atoms with Crippen molar-refractivity contribution in [3.05, 3.63) is 70.3 Å². The van der Waals surface area contributed by atoms with Gasteiger partial charge >= 0.3 is 0 Å². The van der Waals surface area contributed by atoms with Crippen molar-refractivity contribution in [2.45, 2.75) is 13.1 Å². The van der Waals surface area contributed by atoms with Crippen LogP contribution in [0.1, 0.15) is 27.8 Å². The Morgan fingerprint density at radius 3 is 1.75 bits per heavy atom. The zero-order valence-corrected chi connectivity index (χ0v) is 15.0. The zero-order chi connectivity index (χ0) is 17.5. The second-order valence-electron chi connectivity index (χ2n) is 6.63. The molecule has 0 aliphatic carbocycles. The van der Waals surface area contributed by atoms with Crippen LogP contribution in [0.15, 0.2) is 42.5 Å². The summed E-state index contributed by atoms with van der Waals surface area (Å²) in [7, 11) is 8.35. The van der Waals surface area contributed by atoms with Crippen LogP contribution in [0.4, 0.5) is 0 Å². The third kappa shape index (κ3) is 5.66. The summed E-state index contributed by atoms with van der Waals surface area (Å²) < 4.78 is 0. The number of nitrogens with zero attached hydrogens (tertiary/aromatic N) is 3. The number of rotatable bonds is 6. The Kier molecular flexibility index (Phi) is 6.31. The highest BCUT2D eigenvalue weighted by molar-refractivity contribution is 5.70. The highest BCUT2D eigenvalue weighted by Gasteiger charge is 2.03. The van der Waals surface area contributed by atoms with Gasteiger partial charge in [0.1, 0.15) is 0 Å². The fraction of sp³-hybridized carbons (Fsp3) is 0.286. The summed E-state index contributed by atoms with van der Waals surface area (Å²) in [6.07, 6.45) is 4.23. The van der Waals surface area contributed by atoms with Gasteiger partial charge in [0.25, 0.3) is 0 Å². The summed E-state index contributed by atoms with van der Waals surface area (Å²) in [6, 6.07) is 16.5. The van der Waals surface area contributed by atoms with Crippen molar-refractivity contribution in [3.63, 3.8) is 0 Å². The van der Waals surface area contributed by atoms with Crippen LogP contribution in [0.5, 0.6) is 0 Å². The van der Waals surface area contributed by atoms with Crippen LogP contribution in [0.25, 0.3) is 12.2 Å². The van der Waals surface area contributed by atoms with E-state index in [-0.39, 0.29) is 0 Å². The average molecular weight is 319 g/mol. The Hall–Kier alpha value is -2.41. The van der Waals surface area contributed by atoms with Crippen molar-refractivity contribution < 1.29 is 0 Å². The molecule has 24 heavy (non-hydrogen) atoms. The lowest BCUT2D eigenvalue weighted by atomic mass is 10.0. The van der Waals surface area contributed by atoms with Crippen LogP contribution in [0, 0.1) is 11.3 Å². The van der Waals surface area contributed by atoms with E-state index in [1.807, 2.05) is 24.3 Å². The van der Waals surface area contributed by atoms with Gasteiger partial charge in [-0.2, -0.15) is 5.26 Å². The smallest absolute Gasteiger partial charge is 0.0991 e. The Morgan fingerprint density at radius 2 is 1.29 bits per heavy atom. The summed E-state index contributed by atoms with van der Waals surface area (Å²) in [5.74, 6) is 0. The van der Waals surface area contributed by atoms with E-state index in [9.17, 15) is 0 Å². The van der Waals surface area contributed by atoms with Crippen molar-refractivity contribution in [3.8, 4) is 6.07 Å². The third-order valence-corrected chi connectivity index (χ3v) is 3.58. The van der Waals surface area contributed by atoms with Gasteiger partial charge in [0.15, 0.2) is 0 Å². The Balaban J connectivity index is 2.26. The van der Waals surface area contributed by atoms with Crippen LogP contribution in [0.2, 0.25) is 0 Å². The van der Waals surface area contributed by atoms with Gasteiger partial charge < -0.3 is 9.80 Å². The lowest BCUT2D eigenvalue weighted by Gasteiger charge is -2.15. The van der Waals surface area contributed by atoms with Gasteiger partial charge in [0.05, 0.1) is 11.6 Å². The van der Waals surface area contributed by atoms with E-state index in [1.54, 1.807) is 0 Å². The van der Waals surface area contributed by atoms with E-state index in [2.05, 4.69) is 74.4 Å². The van der Waals surface area contributed by atoms with Crippen LogP contribution in [0.3, 0.4) is 0 Å². The molecule has 0 amide bonds. The van der Waals surface area contributed by atoms with Gasteiger partial charge in [-0.15, -0.1) is 0 Å². The molecule has 3 heteroatoms. The number of nitriles is 1. The summed E-state index contributed by atoms with van der Waals surface area (Å²) >= 11 is 0. The third-order valence-electron chi connectivity index (χ3n) is 3.58. The van der Waals surface area contributed by atoms with Gasteiger partial charge in [0, 0.05) is 13.1 Å². The number of hydrogen-bond acceptors (Lipinski definition) is 3. The molecule has 0 spiro atoms. The molecule has 2 aromatic rings. The monoisotopic (exact) mass is 319 g/mol. The second kappa shape index (κ2) is 8.44. The van der Waals surface area contributed by atoms with E-state index < -0.39 is 0 Å². The lowest BCUT2D eigenvalue weighted by Crippen LogP contribution is -2.13. The minimum absolute atomic E-state index is 0.688. The van der Waals surface area contributed by atoms with Gasteiger partial charge in [-0.05, 0) is 62.6 Å². The molecular formula is C21H25N3. The van der Waals surface area contributed by atoms with E-state index in [4.69, 9.17) is 5.26 Å². The number of hydrogen-bond donors (Lipinski definition) is 0. The lowest BCUT2D eigenvalue weighted by molar-refractivity contribution is 0.395. The molecule has 2 rings (SSSR count). The average Bonchev–Trinajstić information content (AvgIpc) is 2.52. The molecule has 0 heterocycles. The molecule has 0 N–H and O–H groups in total. The van der Waals surface area contributed by atoms with E-state index in [1.165, 1.54) is 16.7 Å². The molecule has 0 saturated carbocycles. The standard InChI is InChI=1S/C21H25N3/c1-23(2)15-20-11-19(12-21(13-20)16-24(3)4)10-7-17-5-8-18(14-22)9-6-17/h5-13H,15-16H2,1-4H3/b10-7+. The van der Waals surface area contributed by atoms with E-state index >= 15 is 0 Å². The normalized spacial score (nSPS) is 11.4. The molecule has 0 bridgehead atoms. The minimum Gasteiger partial charge on any atom is -0.305 e. The van der Waals surface area contributed by atoms with E-state index in [0.29, 0.717) is 5.56 Å². The van der Waals surface area contributed by atoms with Gasteiger partial charge in [0.2, 0.25) is 0 Å². The van der Waals surface area contributed by atoms with Crippen molar-refractivity contribution in [2.75, 3.05) is 28.2 Å². The molecule has 124 valence electrons. The molecule has 0 aliphatic heterocycles. The fourth-order valence-corrected chi connectivity index (χ4v) is 2.66. The van der Waals surface area contributed by atoms with Crippen molar-refractivity contribution in [2.24, 2.45) is 0 Å². The summed E-state index contributed by atoms with van der Waals surface area (Å²) in [5.41, 5.74) is 5.63. The largest absolute Gasteiger partial charge is 0.305 e. The maximum Gasteiger partial charge on any atom is 0.0991 e. The first-order valence-corrected chi connectivity index (χ1v) is 8.07. The molecule has 0 radical (unpaired) electrons. The number of benzene rings is 2. The van der Waals surface area contributed by atoms with Gasteiger partial charge in [-0.3, -0.25) is 0 Å². The van der Waals surface area contributed by atoms with Gasteiger partial charge in [-0.25, -0.2) is 0 Å². The topological polar surface area (TPSA) is 30.3 Å². The SMILES string of the molecule is CN(C)Cc1cc(/C=C/c2ccc(C#N)cc2)cc(CN(C)C)c1. The maximum atomic E-state index is 8.87. The van der Waals surface area contributed by atoms with Crippen molar-refractivity contribution >= 4 is 12.2 Å². The Labute approximate surface area is 145 Å². The molecule has 0 aromatic heterocycles. The first-order valence-electron chi connectivity index (χ1n) is 8.07. The van der Waals surface area contributed by atoms with Crippen LogP contribution < -0.4 is 0 Å². The Bertz CT molecular complexity index is 706. The zero-order valence-electron chi connectivity index (χ0n) is 15.0. The molecule has 0 atom stereocenters. The van der Waals surface area contributed by atoms with Gasteiger partial charge in [-0.1, -0.05) is 42.5 Å². The fourth-order valence-electron chi connectivity index (χ4n) is 2.66. The van der Waals surface area contributed by atoms with Crippen LogP contribution >= 0.6 is 0 Å². The van der Waals surface area contributed by atoms with E-state index in [0.717, 1.165) is 18.7 Å². The first-order chi connectivity index (χ1) is 11.5. The summed E-state index contributed by atoms with van der Waals surface area (Å²) in [5, 5.41) is 8.87. The molecule has 0 fully saturated rings. The highest BCUT2D eigenvalue weighted by atomic mass is 15.1. The maximum absolute atomic E-state index is 8.87. The summed E-state index contributed by atoms with van der Waals surface area (Å²) in [4.78, 5) is 4.37. The predicted molar refractivity (Wildman–Crippen MR) is 101 cm³/mol. The Morgan fingerprint density at radius 1 is 0.792 bits per heavy atom. The molecule has 2 aromatic carbocycles. The second-order valence-corrected chi connectivity index (χ2v) is 6.63. The predicted octanol–water partition coefficient (Wildman–Crippen LogP) is 3.85. The van der Waals surface area contributed by atoms with Crippen LogP contribution in [-0.2, 0) is 13.1 Å². The molecule has 3 nitrogen and oxygen atoms in total. The molecule has 0 aliphatic rings. The highest BCUT2D eigenvalue weighted by Crippen LogP contribution is 2.16. The van der Waals surface area contributed by atoms with Crippen molar-refractivity contribution in [1.82, 2.24) is 9.80 Å². The molecular weight excluding hydrogens is 294 g/mol. The minimum atomic E-state index is 0.688. The quantitative estimate of drug-likeness (QED) is 0.758. The molecule has 0 saturated heterocycles. The first kappa shape index (κ1) is 17.9. The summed E-state index contributed by atoms with van der Waals surface area (Å²) in [6.45, 7) is 1.86. The van der Waals surface area contributed by atoms with Crippen molar-refractivity contribution in [1.29, 1.82) is 5.26 Å². The molecule has 0 unspecified atom stereocenters.